The van der Waals surface area contributed by atoms with Crippen molar-refractivity contribution in [1.82, 2.24) is 15.3 Å². The molecule has 0 saturated carbocycles. The summed E-state index contributed by atoms with van der Waals surface area (Å²) in [5, 5.41) is 3.40. The van der Waals surface area contributed by atoms with Crippen LogP contribution in [-0.4, -0.2) is 23.1 Å². The first-order valence-corrected chi connectivity index (χ1v) is 7.04. The Morgan fingerprint density at radius 1 is 1.15 bits per heavy atom. The highest BCUT2D eigenvalue weighted by Gasteiger charge is 2.26. The standard InChI is InChI=1S/C15H17N5/c16-15-18-12-5-7-17-9-11(12)14(19-15)20-8-6-10-3-1-2-4-13(10)20/h1-4,17H,5-9H2,(H2,16,18,19). The Kier molecular flexibility index (Phi) is 2.60. The number of hydrogen-bond acceptors (Lipinski definition) is 5. The van der Waals surface area contributed by atoms with Gasteiger partial charge >= 0.3 is 0 Å². The molecule has 0 bridgehead atoms. The summed E-state index contributed by atoms with van der Waals surface area (Å²) in [7, 11) is 0. The van der Waals surface area contributed by atoms with Gasteiger partial charge in [-0.1, -0.05) is 18.2 Å². The number of nitrogens with two attached hydrogens (primary N) is 1. The van der Waals surface area contributed by atoms with Gasteiger partial charge in [0.25, 0.3) is 0 Å². The van der Waals surface area contributed by atoms with E-state index in [0.29, 0.717) is 5.95 Å². The van der Waals surface area contributed by atoms with Crippen molar-refractivity contribution in [3.8, 4) is 0 Å². The van der Waals surface area contributed by atoms with Gasteiger partial charge in [-0.3, -0.25) is 0 Å². The molecule has 2 aliphatic heterocycles. The molecule has 5 nitrogen and oxygen atoms in total. The second kappa shape index (κ2) is 4.45. The molecule has 20 heavy (non-hydrogen) atoms. The van der Waals surface area contributed by atoms with E-state index in [4.69, 9.17) is 5.73 Å². The Morgan fingerprint density at radius 3 is 3.00 bits per heavy atom. The molecule has 0 radical (unpaired) electrons. The number of fused-ring (bicyclic) bond motifs is 2. The fraction of sp³-hybridized carbons (Fsp3) is 0.333. The molecule has 0 unspecified atom stereocenters. The van der Waals surface area contributed by atoms with Crippen LogP contribution in [0.3, 0.4) is 0 Å². The van der Waals surface area contributed by atoms with Crippen molar-refractivity contribution >= 4 is 17.5 Å². The lowest BCUT2D eigenvalue weighted by molar-refractivity contribution is 0.626. The van der Waals surface area contributed by atoms with Crippen molar-refractivity contribution in [2.75, 3.05) is 23.7 Å². The lowest BCUT2D eigenvalue weighted by Gasteiger charge is -2.25. The van der Waals surface area contributed by atoms with E-state index >= 15 is 0 Å². The average molecular weight is 267 g/mol. The molecule has 0 saturated heterocycles. The van der Waals surface area contributed by atoms with E-state index in [1.165, 1.54) is 16.8 Å². The maximum absolute atomic E-state index is 5.90. The molecule has 5 heteroatoms. The second-order valence-electron chi connectivity index (χ2n) is 5.29. The van der Waals surface area contributed by atoms with E-state index in [9.17, 15) is 0 Å². The predicted molar refractivity (Wildman–Crippen MR) is 79.0 cm³/mol. The van der Waals surface area contributed by atoms with Gasteiger partial charge in [-0.15, -0.1) is 0 Å². The Bertz CT molecular complexity index is 667. The van der Waals surface area contributed by atoms with Gasteiger partial charge in [0.1, 0.15) is 5.82 Å². The minimum Gasteiger partial charge on any atom is -0.368 e. The number of nitrogen functional groups attached to an aromatic ring is 1. The molecule has 2 aromatic rings. The summed E-state index contributed by atoms with van der Waals surface area (Å²) in [4.78, 5) is 11.2. The Balaban J connectivity index is 1.85. The lowest BCUT2D eigenvalue weighted by atomic mass is 10.1. The van der Waals surface area contributed by atoms with E-state index in [-0.39, 0.29) is 0 Å². The van der Waals surface area contributed by atoms with E-state index < -0.39 is 0 Å². The fourth-order valence-corrected chi connectivity index (χ4v) is 3.13. The highest BCUT2D eigenvalue weighted by atomic mass is 15.2. The SMILES string of the molecule is Nc1nc2c(c(N3CCc4ccccc43)n1)CNCC2. The molecule has 1 aromatic heterocycles. The van der Waals surface area contributed by atoms with Crippen molar-refractivity contribution in [2.45, 2.75) is 19.4 Å². The van der Waals surface area contributed by atoms with Gasteiger partial charge in [-0.25, -0.2) is 4.98 Å². The number of anilines is 3. The molecule has 0 aliphatic carbocycles. The Hall–Kier alpha value is -2.14. The number of benzene rings is 1. The smallest absolute Gasteiger partial charge is 0.222 e. The number of para-hydroxylation sites is 1. The van der Waals surface area contributed by atoms with Gasteiger partial charge in [0.05, 0.1) is 5.69 Å². The van der Waals surface area contributed by atoms with Crippen molar-refractivity contribution in [3.63, 3.8) is 0 Å². The molecule has 0 amide bonds. The Labute approximate surface area is 117 Å². The third-order valence-electron chi connectivity index (χ3n) is 4.07. The van der Waals surface area contributed by atoms with Gasteiger partial charge in [-0.2, -0.15) is 4.98 Å². The van der Waals surface area contributed by atoms with Gasteiger partial charge < -0.3 is 16.0 Å². The van der Waals surface area contributed by atoms with Crippen molar-refractivity contribution in [3.05, 3.63) is 41.1 Å². The summed E-state index contributed by atoms with van der Waals surface area (Å²) in [6, 6.07) is 8.51. The van der Waals surface area contributed by atoms with Crippen LogP contribution in [0, 0.1) is 0 Å². The number of nitrogens with zero attached hydrogens (tertiary/aromatic N) is 3. The van der Waals surface area contributed by atoms with Crippen LogP contribution in [0.5, 0.6) is 0 Å². The van der Waals surface area contributed by atoms with Crippen molar-refractivity contribution < 1.29 is 0 Å². The normalized spacial score (nSPS) is 16.9. The van der Waals surface area contributed by atoms with Crippen LogP contribution in [-0.2, 0) is 19.4 Å². The van der Waals surface area contributed by atoms with Crippen LogP contribution in [0.15, 0.2) is 24.3 Å². The molecule has 3 N–H and O–H groups in total. The molecule has 0 spiro atoms. The predicted octanol–water partition coefficient (Wildman–Crippen LogP) is 1.40. The monoisotopic (exact) mass is 267 g/mol. The topological polar surface area (TPSA) is 67.1 Å². The summed E-state index contributed by atoms with van der Waals surface area (Å²) < 4.78 is 0. The summed E-state index contributed by atoms with van der Waals surface area (Å²) in [5.74, 6) is 1.36. The molecule has 4 rings (SSSR count). The van der Waals surface area contributed by atoms with Crippen LogP contribution in [0.4, 0.5) is 17.5 Å². The van der Waals surface area contributed by atoms with Crippen molar-refractivity contribution in [1.29, 1.82) is 0 Å². The molecule has 0 fully saturated rings. The van der Waals surface area contributed by atoms with Crippen LogP contribution >= 0.6 is 0 Å². The molecule has 3 heterocycles. The van der Waals surface area contributed by atoms with E-state index in [2.05, 4.69) is 44.5 Å². The van der Waals surface area contributed by atoms with Gasteiger partial charge in [0, 0.05) is 37.3 Å². The minimum absolute atomic E-state index is 0.380. The second-order valence-corrected chi connectivity index (χ2v) is 5.29. The molecular formula is C15H17N5. The first kappa shape index (κ1) is 11.7. The summed E-state index contributed by atoms with van der Waals surface area (Å²) >= 11 is 0. The Morgan fingerprint density at radius 2 is 2.05 bits per heavy atom. The first-order chi connectivity index (χ1) is 9.83. The van der Waals surface area contributed by atoms with Crippen LogP contribution < -0.4 is 16.0 Å². The number of hydrogen-bond donors (Lipinski definition) is 2. The number of aromatic nitrogens is 2. The highest BCUT2D eigenvalue weighted by Crippen LogP contribution is 2.36. The van der Waals surface area contributed by atoms with Crippen molar-refractivity contribution in [2.24, 2.45) is 0 Å². The first-order valence-electron chi connectivity index (χ1n) is 7.04. The third kappa shape index (κ3) is 1.74. The van der Waals surface area contributed by atoms with Crippen LogP contribution in [0.25, 0.3) is 0 Å². The summed E-state index contributed by atoms with van der Waals surface area (Å²) in [6.45, 7) is 2.74. The fourth-order valence-electron chi connectivity index (χ4n) is 3.13. The van der Waals surface area contributed by atoms with Gasteiger partial charge in [0.2, 0.25) is 5.95 Å². The van der Waals surface area contributed by atoms with Gasteiger partial charge in [-0.05, 0) is 18.1 Å². The molecular weight excluding hydrogens is 250 g/mol. The number of rotatable bonds is 1. The average Bonchev–Trinajstić information content (AvgIpc) is 2.90. The molecule has 2 aliphatic rings. The van der Waals surface area contributed by atoms with Crippen LogP contribution in [0.2, 0.25) is 0 Å². The van der Waals surface area contributed by atoms with E-state index in [1.807, 2.05) is 0 Å². The summed E-state index contributed by atoms with van der Waals surface area (Å²) in [5.41, 5.74) is 10.8. The third-order valence-corrected chi connectivity index (χ3v) is 4.07. The van der Waals surface area contributed by atoms with Gasteiger partial charge in [0.15, 0.2) is 0 Å². The zero-order chi connectivity index (χ0) is 13.5. The minimum atomic E-state index is 0.380. The zero-order valence-corrected chi connectivity index (χ0v) is 11.3. The highest BCUT2D eigenvalue weighted by molar-refractivity contribution is 5.70. The van der Waals surface area contributed by atoms with Crippen LogP contribution in [0.1, 0.15) is 16.8 Å². The molecule has 0 atom stereocenters. The van der Waals surface area contributed by atoms with E-state index in [0.717, 1.165) is 44.0 Å². The maximum Gasteiger partial charge on any atom is 0.222 e. The quantitative estimate of drug-likeness (QED) is 0.817. The maximum atomic E-state index is 5.90. The lowest BCUT2D eigenvalue weighted by Crippen LogP contribution is -2.29. The molecule has 102 valence electrons. The largest absolute Gasteiger partial charge is 0.368 e. The molecule has 1 aromatic carbocycles. The zero-order valence-electron chi connectivity index (χ0n) is 11.3. The summed E-state index contributed by atoms with van der Waals surface area (Å²) in [6.07, 6.45) is 1.98. The van der Waals surface area contributed by atoms with E-state index in [1.54, 1.807) is 0 Å². The number of nitrogens with one attached hydrogen (secondary N) is 1.